The van der Waals surface area contributed by atoms with Crippen LogP contribution in [0.5, 0.6) is 0 Å². The molecule has 3 N–H and O–H groups in total. The summed E-state index contributed by atoms with van der Waals surface area (Å²) in [5, 5.41) is 2.77. The second kappa shape index (κ2) is 5.63. The van der Waals surface area contributed by atoms with Gasteiger partial charge < -0.3 is 11.1 Å². The molecule has 0 saturated heterocycles. The maximum absolute atomic E-state index is 13.0. The Labute approximate surface area is 111 Å². The molecule has 19 heavy (non-hydrogen) atoms. The summed E-state index contributed by atoms with van der Waals surface area (Å²) >= 11 is 0. The van der Waals surface area contributed by atoms with E-state index in [4.69, 9.17) is 5.73 Å². The van der Waals surface area contributed by atoms with Crippen LogP contribution in [0.2, 0.25) is 0 Å². The fourth-order valence-electron chi connectivity index (χ4n) is 1.80. The first kappa shape index (κ1) is 13.2. The summed E-state index contributed by atoms with van der Waals surface area (Å²) in [5.74, 6) is -0.598. The van der Waals surface area contributed by atoms with Gasteiger partial charge in [0.05, 0.1) is 0 Å². The molecular formula is C15H15FN2O. The van der Waals surface area contributed by atoms with E-state index in [0.717, 1.165) is 5.56 Å². The molecule has 0 fully saturated rings. The van der Waals surface area contributed by atoms with Crippen LogP contribution in [0.25, 0.3) is 0 Å². The van der Waals surface area contributed by atoms with Crippen LogP contribution < -0.4 is 11.1 Å². The topological polar surface area (TPSA) is 55.1 Å². The van der Waals surface area contributed by atoms with Crippen LogP contribution in [0, 0.1) is 12.7 Å². The molecule has 98 valence electrons. The Morgan fingerprint density at radius 2 is 1.89 bits per heavy atom. The zero-order valence-corrected chi connectivity index (χ0v) is 10.6. The number of anilines is 1. The zero-order valence-electron chi connectivity index (χ0n) is 10.6. The molecule has 0 aliphatic heterocycles. The lowest BCUT2D eigenvalue weighted by Crippen LogP contribution is -2.13. The molecule has 2 rings (SSSR count). The summed E-state index contributed by atoms with van der Waals surface area (Å²) in [6.45, 7) is 2.17. The molecule has 0 aliphatic rings. The number of benzene rings is 2. The first-order valence-corrected chi connectivity index (χ1v) is 5.96. The molecule has 0 atom stereocenters. The monoisotopic (exact) mass is 258 g/mol. The second-order valence-electron chi connectivity index (χ2n) is 4.31. The molecule has 3 nitrogen and oxygen atoms in total. The van der Waals surface area contributed by atoms with Crippen LogP contribution in [-0.4, -0.2) is 5.91 Å². The highest BCUT2D eigenvalue weighted by Gasteiger charge is 2.09. The molecule has 0 bridgehead atoms. The van der Waals surface area contributed by atoms with Gasteiger partial charge in [0.2, 0.25) is 0 Å². The van der Waals surface area contributed by atoms with E-state index < -0.39 is 0 Å². The van der Waals surface area contributed by atoms with E-state index >= 15 is 0 Å². The second-order valence-corrected chi connectivity index (χ2v) is 4.31. The molecule has 0 radical (unpaired) electrons. The van der Waals surface area contributed by atoms with Crippen molar-refractivity contribution in [1.82, 2.24) is 0 Å². The average Bonchev–Trinajstić information content (AvgIpc) is 2.39. The number of nitrogens with one attached hydrogen (secondary N) is 1. The molecular weight excluding hydrogens is 243 g/mol. The van der Waals surface area contributed by atoms with Gasteiger partial charge in [-0.15, -0.1) is 0 Å². The third kappa shape index (κ3) is 3.17. The zero-order chi connectivity index (χ0) is 13.8. The molecule has 1 amide bonds. The lowest BCUT2D eigenvalue weighted by atomic mass is 10.1. The Morgan fingerprint density at radius 3 is 2.47 bits per heavy atom. The largest absolute Gasteiger partial charge is 0.326 e. The minimum Gasteiger partial charge on any atom is -0.326 e. The van der Waals surface area contributed by atoms with Gasteiger partial charge in [0, 0.05) is 17.8 Å². The highest BCUT2D eigenvalue weighted by atomic mass is 19.1. The summed E-state index contributed by atoms with van der Waals surface area (Å²) < 4.78 is 13.0. The highest BCUT2D eigenvalue weighted by molar-refractivity contribution is 6.05. The van der Waals surface area contributed by atoms with Crippen molar-refractivity contribution in [2.24, 2.45) is 5.73 Å². The maximum atomic E-state index is 13.0. The summed E-state index contributed by atoms with van der Waals surface area (Å²) in [4.78, 5) is 12.0. The first-order valence-electron chi connectivity index (χ1n) is 5.96. The SMILES string of the molecule is Cc1cc(F)ccc1C(=O)Nc1ccc(CN)cc1. The quantitative estimate of drug-likeness (QED) is 0.889. The van der Waals surface area contributed by atoms with E-state index in [-0.39, 0.29) is 11.7 Å². The predicted octanol–water partition coefficient (Wildman–Crippen LogP) is 2.85. The van der Waals surface area contributed by atoms with Gasteiger partial charge in [-0.25, -0.2) is 4.39 Å². The van der Waals surface area contributed by atoms with Crippen molar-refractivity contribution in [3.05, 3.63) is 65.0 Å². The summed E-state index contributed by atoms with van der Waals surface area (Å²) in [6.07, 6.45) is 0. The fourth-order valence-corrected chi connectivity index (χ4v) is 1.80. The van der Waals surface area contributed by atoms with Crippen LogP contribution in [-0.2, 0) is 6.54 Å². The van der Waals surface area contributed by atoms with Crippen LogP contribution in [0.4, 0.5) is 10.1 Å². The predicted molar refractivity (Wildman–Crippen MR) is 73.4 cm³/mol. The molecule has 0 heterocycles. The van der Waals surface area contributed by atoms with Gasteiger partial charge >= 0.3 is 0 Å². The van der Waals surface area contributed by atoms with Gasteiger partial charge in [0.25, 0.3) is 5.91 Å². The lowest BCUT2D eigenvalue weighted by Gasteiger charge is -2.08. The number of carbonyl (C=O) groups is 1. The highest BCUT2D eigenvalue weighted by Crippen LogP contribution is 2.14. The van der Waals surface area contributed by atoms with Gasteiger partial charge in [0.15, 0.2) is 0 Å². The summed E-state index contributed by atoms with van der Waals surface area (Å²) in [6, 6.07) is 11.4. The van der Waals surface area contributed by atoms with Crippen molar-refractivity contribution in [1.29, 1.82) is 0 Å². The van der Waals surface area contributed by atoms with E-state index in [0.29, 0.717) is 23.4 Å². The third-order valence-electron chi connectivity index (χ3n) is 2.88. The smallest absolute Gasteiger partial charge is 0.255 e. The molecule has 4 heteroatoms. The van der Waals surface area contributed by atoms with E-state index in [2.05, 4.69) is 5.32 Å². The minimum absolute atomic E-state index is 0.252. The van der Waals surface area contributed by atoms with Gasteiger partial charge in [-0.1, -0.05) is 12.1 Å². The van der Waals surface area contributed by atoms with Gasteiger partial charge in [-0.05, 0) is 48.4 Å². The Bertz CT molecular complexity index is 594. The van der Waals surface area contributed by atoms with Gasteiger partial charge in [0.1, 0.15) is 5.82 Å². The Morgan fingerprint density at radius 1 is 1.21 bits per heavy atom. The number of carbonyl (C=O) groups excluding carboxylic acids is 1. The molecule has 0 aliphatic carbocycles. The molecule has 2 aromatic rings. The van der Waals surface area contributed by atoms with Crippen LogP contribution in [0.15, 0.2) is 42.5 Å². The van der Waals surface area contributed by atoms with E-state index in [1.807, 2.05) is 12.1 Å². The Kier molecular flexibility index (Phi) is 3.92. The number of halogens is 1. The fraction of sp³-hybridized carbons (Fsp3) is 0.133. The number of aryl methyl sites for hydroxylation is 1. The summed E-state index contributed by atoms with van der Waals surface area (Å²) in [7, 11) is 0. The molecule has 0 unspecified atom stereocenters. The maximum Gasteiger partial charge on any atom is 0.255 e. The van der Waals surface area contributed by atoms with Crippen molar-refractivity contribution in [3.63, 3.8) is 0 Å². The van der Waals surface area contributed by atoms with Crippen LogP contribution in [0.3, 0.4) is 0 Å². The summed E-state index contributed by atoms with van der Waals surface area (Å²) in [5.41, 5.74) is 8.26. The third-order valence-corrected chi connectivity index (χ3v) is 2.88. The van der Waals surface area contributed by atoms with Crippen molar-refractivity contribution in [2.75, 3.05) is 5.32 Å². The van der Waals surface area contributed by atoms with Crippen molar-refractivity contribution < 1.29 is 9.18 Å². The van der Waals surface area contributed by atoms with Crippen molar-refractivity contribution >= 4 is 11.6 Å². The van der Waals surface area contributed by atoms with Crippen molar-refractivity contribution in [2.45, 2.75) is 13.5 Å². The first-order chi connectivity index (χ1) is 9.10. The number of nitrogens with two attached hydrogens (primary N) is 1. The number of hydrogen-bond donors (Lipinski definition) is 2. The number of rotatable bonds is 3. The standard InChI is InChI=1S/C15H15FN2O/c1-10-8-12(16)4-7-14(10)15(19)18-13-5-2-11(9-17)3-6-13/h2-8H,9,17H2,1H3,(H,18,19). The average molecular weight is 258 g/mol. The Hall–Kier alpha value is -2.20. The number of amides is 1. The number of hydrogen-bond acceptors (Lipinski definition) is 2. The van der Waals surface area contributed by atoms with E-state index in [1.165, 1.54) is 18.2 Å². The minimum atomic E-state index is -0.346. The molecule has 2 aromatic carbocycles. The van der Waals surface area contributed by atoms with Crippen LogP contribution >= 0.6 is 0 Å². The molecule has 0 saturated carbocycles. The molecule has 0 spiro atoms. The van der Waals surface area contributed by atoms with Gasteiger partial charge in [-0.2, -0.15) is 0 Å². The molecule has 0 aromatic heterocycles. The van der Waals surface area contributed by atoms with E-state index in [9.17, 15) is 9.18 Å². The normalized spacial score (nSPS) is 10.3. The Balaban J connectivity index is 2.15. The van der Waals surface area contributed by atoms with Crippen LogP contribution in [0.1, 0.15) is 21.5 Å². The van der Waals surface area contributed by atoms with Crippen molar-refractivity contribution in [3.8, 4) is 0 Å². The lowest BCUT2D eigenvalue weighted by molar-refractivity contribution is 0.102. The van der Waals surface area contributed by atoms with Gasteiger partial charge in [-0.3, -0.25) is 4.79 Å². The van der Waals surface area contributed by atoms with E-state index in [1.54, 1.807) is 19.1 Å².